The maximum Gasteiger partial charge on any atom is 0.419 e. The van der Waals surface area contributed by atoms with Crippen molar-refractivity contribution in [3.05, 3.63) is 28.7 Å². The zero-order chi connectivity index (χ0) is 12.5. The van der Waals surface area contributed by atoms with Crippen molar-refractivity contribution in [2.75, 3.05) is 25.0 Å². The summed E-state index contributed by atoms with van der Waals surface area (Å²) in [5.41, 5.74) is 2.50. The smallest absolute Gasteiger partial charge is 0.408 e. The average molecular weight is 247 g/mol. The fraction of sp³-hybridized carbons (Fsp3) is 0.462. The number of rotatable bonds is 3. The molecule has 0 bridgehead atoms. The van der Waals surface area contributed by atoms with Crippen molar-refractivity contribution >= 4 is 16.8 Å². The molecule has 1 unspecified atom stereocenters. The number of nitrogens with zero attached hydrogens (tertiary/aromatic N) is 1. The number of hydrogen-bond donors (Lipinski definition) is 2. The Morgan fingerprint density at radius 3 is 3.22 bits per heavy atom. The largest absolute Gasteiger partial charge is 0.419 e. The third kappa shape index (κ3) is 2.01. The van der Waals surface area contributed by atoms with Crippen LogP contribution in [-0.2, 0) is 7.05 Å². The van der Waals surface area contributed by atoms with Gasteiger partial charge in [0.15, 0.2) is 5.58 Å². The third-order valence-electron chi connectivity index (χ3n) is 3.55. The van der Waals surface area contributed by atoms with Gasteiger partial charge in [-0.15, -0.1) is 0 Å². The molecule has 1 atom stereocenters. The molecule has 1 fully saturated rings. The van der Waals surface area contributed by atoms with E-state index in [0.717, 1.165) is 30.8 Å². The van der Waals surface area contributed by atoms with E-state index in [4.69, 9.17) is 4.42 Å². The molecule has 1 aliphatic heterocycles. The molecule has 2 heterocycles. The van der Waals surface area contributed by atoms with Crippen molar-refractivity contribution in [3.63, 3.8) is 0 Å². The van der Waals surface area contributed by atoms with E-state index in [2.05, 4.69) is 10.6 Å². The third-order valence-corrected chi connectivity index (χ3v) is 3.55. The highest BCUT2D eigenvalue weighted by Crippen LogP contribution is 2.18. The first-order valence-corrected chi connectivity index (χ1v) is 6.28. The molecule has 1 aromatic carbocycles. The van der Waals surface area contributed by atoms with E-state index in [9.17, 15) is 4.79 Å². The molecule has 0 aliphatic carbocycles. The molecule has 2 aromatic rings. The molecule has 1 aliphatic rings. The Morgan fingerprint density at radius 1 is 1.56 bits per heavy atom. The number of hydrogen-bond acceptors (Lipinski definition) is 4. The maximum atomic E-state index is 11.4. The standard InChI is InChI=1S/C13H17N3O2/c1-16-11-6-10(2-3-12(11)18-13(16)17)15-8-9-4-5-14-7-9/h2-3,6,9,14-15H,4-5,7-8H2,1H3. The maximum absolute atomic E-state index is 11.4. The van der Waals surface area contributed by atoms with E-state index in [-0.39, 0.29) is 5.76 Å². The molecular formula is C13H17N3O2. The van der Waals surface area contributed by atoms with Crippen LogP contribution < -0.4 is 16.4 Å². The van der Waals surface area contributed by atoms with Gasteiger partial charge in [-0.3, -0.25) is 4.57 Å². The van der Waals surface area contributed by atoms with Gasteiger partial charge in [0.1, 0.15) is 0 Å². The first kappa shape index (κ1) is 11.3. The summed E-state index contributed by atoms with van der Waals surface area (Å²) < 4.78 is 6.63. The topological polar surface area (TPSA) is 59.2 Å². The van der Waals surface area contributed by atoms with Gasteiger partial charge >= 0.3 is 5.76 Å². The van der Waals surface area contributed by atoms with Gasteiger partial charge in [-0.25, -0.2) is 4.79 Å². The second-order valence-electron chi connectivity index (χ2n) is 4.85. The Balaban J connectivity index is 1.79. The molecule has 18 heavy (non-hydrogen) atoms. The normalized spacial score (nSPS) is 19.5. The summed E-state index contributed by atoms with van der Waals surface area (Å²) in [6.07, 6.45) is 1.22. The monoisotopic (exact) mass is 247 g/mol. The number of anilines is 1. The van der Waals surface area contributed by atoms with E-state index in [1.54, 1.807) is 7.05 Å². The molecule has 2 N–H and O–H groups in total. The van der Waals surface area contributed by atoms with E-state index < -0.39 is 0 Å². The van der Waals surface area contributed by atoms with Crippen LogP contribution in [0.5, 0.6) is 0 Å². The van der Waals surface area contributed by atoms with Crippen LogP contribution in [0.2, 0.25) is 0 Å². The predicted octanol–water partition coefficient (Wildman–Crippen LogP) is 1.15. The molecule has 5 heteroatoms. The van der Waals surface area contributed by atoms with Gasteiger partial charge in [-0.05, 0) is 43.6 Å². The van der Waals surface area contributed by atoms with Gasteiger partial charge in [0.05, 0.1) is 5.52 Å². The van der Waals surface area contributed by atoms with Gasteiger partial charge in [-0.2, -0.15) is 0 Å². The summed E-state index contributed by atoms with van der Waals surface area (Å²) in [5.74, 6) is 0.371. The van der Waals surface area contributed by atoms with Crippen molar-refractivity contribution in [1.29, 1.82) is 0 Å². The van der Waals surface area contributed by atoms with Gasteiger partial charge in [0, 0.05) is 19.3 Å². The number of aryl methyl sites for hydroxylation is 1. The molecule has 1 aromatic heterocycles. The Labute approximate surface area is 105 Å². The molecule has 0 radical (unpaired) electrons. The van der Waals surface area contributed by atoms with Gasteiger partial charge < -0.3 is 15.1 Å². The van der Waals surface area contributed by atoms with Crippen molar-refractivity contribution in [3.8, 4) is 0 Å². The van der Waals surface area contributed by atoms with Crippen molar-refractivity contribution in [1.82, 2.24) is 9.88 Å². The Bertz CT molecular complexity index is 608. The van der Waals surface area contributed by atoms with Crippen molar-refractivity contribution in [2.45, 2.75) is 6.42 Å². The van der Waals surface area contributed by atoms with Crippen LogP contribution in [0.25, 0.3) is 11.1 Å². The number of fused-ring (bicyclic) bond motifs is 1. The SMILES string of the molecule is Cn1c(=O)oc2ccc(NCC3CCNC3)cc21. The van der Waals surface area contributed by atoms with Crippen LogP contribution in [0.15, 0.2) is 27.4 Å². The summed E-state index contributed by atoms with van der Waals surface area (Å²) in [7, 11) is 1.72. The van der Waals surface area contributed by atoms with E-state index in [1.165, 1.54) is 11.0 Å². The quantitative estimate of drug-likeness (QED) is 0.854. The van der Waals surface area contributed by atoms with Crippen LogP contribution >= 0.6 is 0 Å². The highest BCUT2D eigenvalue weighted by Gasteiger charge is 2.14. The van der Waals surface area contributed by atoms with Crippen LogP contribution in [0, 0.1) is 5.92 Å². The molecular weight excluding hydrogens is 230 g/mol. The molecule has 5 nitrogen and oxygen atoms in total. The lowest BCUT2D eigenvalue weighted by Crippen LogP contribution is -2.17. The zero-order valence-electron chi connectivity index (χ0n) is 10.4. The fourth-order valence-corrected chi connectivity index (χ4v) is 2.39. The minimum absolute atomic E-state index is 0.317. The highest BCUT2D eigenvalue weighted by atomic mass is 16.4. The number of oxazole rings is 1. The molecule has 0 saturated carbocycles. The first-order chi connectivity index (χ1) is 8.74. The lowest BCUT2D eigenvalue weighted by Gasteiger charge is -2.11. The molecule has 0 amide bonds. The number of aromatic nitrogens is 1. The van der Waals surface area contributed by atoms with Crippen molar-refractivity contribution < 1.29 is 4.42 Å². The average Bonchev–Trinajstić information content (AvgIpc) is 2.97. The molecule has 3 rings (SSSR count). The van der Waals surface area contributed by atoms with Crippen LogP contribution in [0.4, 0.5) is 5.69 Å². The Hall–Kier alpha value is -1.75. The summed E-state index contributed by atoms with van der Waals surface area (Å²) in [6, 6.07) is 5.75. The predicted molar refractivity (Wildman–Crippen MR) is 70.9 cm³/mol. The second-order valence-corrected chi connectivity index (χ2v) is 4.85. The lowest BCUT2D eigenvalue weighted by atomic mass is 10.1. The van der Waals surface area contributed by atoms with Gasteiger partial charge in [0.25, 0.3) is 0 Å². The molecule has 1 saturated heterocycles. The number of nitrogens with one attached hydrogen (secondary N) is 2. The van der Waals surface area contributed by atoms with Gasteiger partial charge in [-0.1, -0.05) is 0 Å². The lowest BCUT2D eigenvalue weighted by molar-refractivity contribution is 0.528. The number of benzene rings is 1. The summed E-state index contributed by atoms with van der Waals surface area (Å²) >= 11 is 0. The second kappa shape index (κ2) is 4.49. The Kier molecular flexibility index (Phi) is 2.83. The zero-order valence-corrected chi connectivity index (χ0v) is 10.4. The molecule has 0 spiro atoms. The highest BCUT2D eigenvalue weighted by molar-refractivity contribution is 5.77. The first-order valence-electron chi connectivity index (χ1n) is 6.28. The summed E-state index contributed by atoms with van der Waals surface area (Å²) in [4.78, 5) is 11.4. The Morgan fingerprint density at radius 2 is 2.44 bits per heavy atom. The molecule has 96 valence electrons. The summed E-state index contributed by atoms with van der Waals surface area (Å²) in [6.45, 7) is 3.16. The summed E-state index contributed by atoms with van der Waals surface area (Å²) in [5, 5.41) is 6.77. The van der Waals surface area contributed by atoms with E-state index in [1.807, 2.05) is 18.2 Å². The van der Waals surface area contributed by atoms with Crippen LogP contribution in [0.1, 0.15) is 6.42 Å². The fourth-order valence-electron chi connectivity index (χ4n) is 2.39. The van der Waals surface area contributed by atoms with E-state index >= 15 is 0 Å². The van der Waals surface area contributed by atoms with Crippen LogP contribution in [-0.4, -0.2) is 24.2 Å². The van der Waals surface area contributed by atoms with Gasteiger partial charge in [0.2, 0.25) is 0 Å². The van der Waals surface area contributed by atoms with Crippen LogP contribution in [0.3, 0.4) is 0 Å². The van der Waals surface area contributed by atoms with Crippen molar-refractivity contribution in [2.24, 2.45) is 13.0 Å². The minimum Gasteiger partial charge on any atom is -0.408 e. The minimum atomic E-state index is -0.317. The van der Waals surface area contributed by atoms with E-state index in [0.29, 0.717) is 11.5 Å².